The fourth-order valence-electron chi connectivity index (χ4n) is 8.01. The van der Waals surface area contributed by atoms with Gasteiger partial charge < -0.3 is 20.3 Å². The Bertz CT molecular complexity index is 1190. The number of esters is 1. The van der Waals surface area contributed by atoms with E-state index < -0.39 is 18.2 Å². The van der Waals surface area contributed by atoms with Crippen LogP contribution in [0, 0.1) is 0 Å². The lowest BCUT2D eigenvalue weighted by atomic mass is 10.0. The molecule has 0 radical (unpaired) electrons. The van der Waals surface area contributed by atoms with Crippen molar-refractivity contribution in [2.24, 2.45) is 0 Å². The van der Waals surface area contributed by atoms with E-state index >= 15 is 0 Å². The molecule has 0 rings (SSSR count). The Morgan fingerprint density at radius 3 is 1.45 bits per heavy atom. The summed E-state index contributed by atoms with van der Waals surface area (Å²) in [5, 5.41) is 23.8. The van der Waals surface area contributed by atoms with Gasteiger partial charge in [0.15, 0.2) is 0 Å². The molecule has 0 aliphatic rings. The molecule has 0 aromatic rings. The zero-order chi connectivity index (χ0) is 46.7. The van der Waals surface area contributed by atoms with Gasteiger partial charge in [-0.25, -0.2) is 0 Å². The monoisotopic (exact) mass is 894 g/mol. The van der Waals surface area contributed by atoms with Crippen molar-refractivity contribution in [3.63, 3.8) is 0 Å². The van der Waals surface area contributed by atoms with Crippen molar-refractivity contribution >= 4 is 11.9 Å². The van der Waals surface area contributed by atoms with Gasteiger partial charge in [-0.15, -0.1) is 0 Å². The molecule has 6 heteroatoms. The van der Waals surface area contributed by atoms with Gasteiger partial charge in [-0.05, 0) is 70.6 Å². The molecule has 0 aliphatic carbocycles. The van der Waals surface area contributed by atoms with Gasteiger partial charge >= 0.3 is 5.97 Å². The minimum atomic E-state index is -0.808. The second-order valence-electron chi connectivity index (χ2n) is 18.3. The van der Waals surface area contributed by atoms with Crippen molar-refractivity contribution in [3.8, 4) is 0 Å². The van der Waals surface area contributed by atoms with Crippen molar-refractivity contribution in [1.82, 2.24) is 5.32 Å². The van der Waals surface area contributed by atoms with E-state index in [0.717, 1.165) is 64.2 Å². The van der Waals surface area contributed by atoms with Crippen LogP contribution in [-0.2, 0) is 14.3 Å². The molecule has 3 atom stereocenters. The highest BCUT2D eigenvalue weighted by molar-refractivity contribution is 5.77. The smallest absolute Gasteiger partial charge is 0.306 e. The molecule has 0 saturated carbocycles. The average Bonchev–Trinajstić information content (AvgIpc) is 3.29. The first-order chi connectivity index (χ1) is 31.5. The molecule has 0 fully saturated rings. The summed E-state index contributed by atoms with van der Waals surface area (Å²) >= 11 is 0. The summed E-state index contributed by atoms with van der Waals surface area (Å²) in [6, 6.07) is -0.726. The van der Waals surface area contributed by atoms with Crippen molar-refractivity contribution < 1.29 is 24.5 Å². The van der Waals surface area contributed by atoms with Crippen LogP contribution in [0.2, 0.25) is 0 Å². The Balaban J connectivity index is 4.53. The minimum Gasteiger partial charge on any atom is -0.462 e. The second-order valence-corrected chi connectivity index (χ2v) is 18.3. The molecule has 3 N–H and O–H groups in total. The van der Waals surface area contributed by atoms with Crippen molar-refractivity contribution in [1.29, 1.82) is 0 Å². The number of amides is 1. The molecule has 3 unspecified atom stereocenters. The SMILES string of the molecule is CC/C=C/C=C/C=C\C=C/CCCC(CC(=O)NC(CO)C(O)CCCCCCCCCCCCCCCCC)OC(=O)CCCCCCCCCCC/C=C\C/C=C\CCCCC. The predicted octanol–water partition coefficient (Wildman–Crippen LogP) is 16.6. The molecule has 0 bridgehead atoms. The molecule has 0 aromatic carbocycles. The van der Waals surface area contributed by atoms with Crippen molar-refractivity contribution in [2.45, 2.75) is 277 Å². The fourth-order valence-corrected chi connectivity index (χ4v) is 8.01. The minimum absolute atomic E-state index is 0.0282. The first kappa shape index (κ1) is 61.3. The third kappa shape index (κ3) is 45.9. The summed E-state index contributed by atoms with van der Waals surface area (Å²) in [7, 11) is 0. The zero-order valence-corrected chi connectivity index (χ0v) is 42.1. The fraction of sp³-hybridized carbons (Fsp3) is 0.759. The first-order valence-corrected chi connectivity index (χ1v) is 27.2. The van der Waals surface area contributed by atoms with E-state index in [4.69, 9.17) is 4.74 Å². The number of ether oxygens (including phenoxy) is 1. The highest BCUT2D eigenvalue weighted by Crippen LogP contribution is 2.17. The van der Waals surface area contributed by atoms with Gasteiger partial charge in [-0.1, -0.05) is 248 Å². The highest BCUT2D eigenvalue weighted by Gasteiger charge is 2.24. The predicted molar refractivity (Wildman–Crippen MR) is 278 cm³/mol. The Hall–Kier alpha value is -2.70. The van der Waals surface area contributed by atoms with E-state index in [-0.39, 0.29) is 24.9 Å². The molecule has 0 aliphatic heterocycles. The van der Waals surface area contributed by atoms with E-state index in [9.17, 15) is 19.8 Å². The molecule has 0 spiro atoms. The number of allylic oxidation sites excluding steroid dienone is 12. The molecule has 6 nitrogen and oxygen atoms in total. The summed E-state index contributed by atoms with van der Waals surface area (Å²) < 4.78 is 5.90. The number of aliphatic hydroxyl groups is 2. The summed E-state index contributed by atoms with van der Waals surface area (Å²) in [6.45, 7) is 6.31. The number of rotatable bonds is 48. The molecular formula is C58H103NO5. The molecule has 0 aromatic heterocycles. The average molecular weight is 894 g/mol. The van der Waals surface area contributed by atoms with Crippen LogP contribution in [0.3, 0.4) is 0 Å². The lowest BCUT2D eigenvalue weighted by Crippen LogP contribution is -2.46. The van der Waals surface area contributed by atoms with Crippen LogP contribution >= 0.6 is 0 Å². The standard InChI is InChI=1S/C58H103NO5/c1-4-7-10-13-16-19-22-24-26-27-28-29-31-33-36-39-42-45-48-51-58(63)64-54(49-46-43-40-37-34-21-18-15-12-9-6-3)52-57(62)59-55(53-60)56(61)50-47-44-41-38-35-32-30-25-23-20-17-14-11-8-5-2/h9,12,15-16,18-19,21,24,26,34,37,40,54-56,60-61H,4-8,10-11,13-14,17,20,22-23,25,27-33,35-36,38-39,41-53H2,1-3H3,(H,59,62)/b12-9+,18-15+,19-16-,26-24-,34-21-,40-37-. The van der Waals surface area contributed by atoms with Crippen LogP contribution in [0.5, 0.6) is 0 Å². The van der Waals surface area contributed by atoms with Crippen LogP contribution in [0.25, 0.3) is 0 Å². The van der Waals surface area contributed by atoms with Crippen molar-refractivity contribution in [3.05, 3.63) is 72.9 Å². The van der Waals surface area contributed by atoms with Gasteiger partial charge in [0.25, 0.3) is 0 Å². The quantitative estimate of drug-likeness (QED) is 0.0245. The van der Waals surface area contributed by atoms with Gasteiger partial charge in [0.1, 0.15) is 6.10 Å². The molecular weight excluding hydrogens is 791 g/mol. The van der Waals surface area contributed by atoms with Crippen molar-refractivity contribution in [2.75, 3.05) is 6.61 Å². The summed E-state index contributed by atoms with van der Waals surface area (Å²) in [6.07, 6.45) is 65.5. The zero-order valence-electron chi connectivity index (χ0n) is 42.1. The van der Waals surface area contributed by atoms with Crippen LogP contribution in [0.4, 0.5) is 0 Å². The number of unbranched alkanes of at least 4 members (excludes halogenated alkanes) is 27. The summed E-state index contributed by atoms with van der Waals surface area (Å²) in [4.78, 5) is 26.1. The number of aliphatic hydroxyl groups excluding tert-OH is 2. The maximum atomic E-state index is 13.2. The molecule has 0 heterocycles. The Kier molecular flexibility index (Phi) is 49.1. The largest absolute Gasteiger partial charge is 0.462 e. The van der Waals surface area contributed by atoms with E-state index in [1.54, 1.807) is 0 Å². The number of hydrogen-bond donors (Lipinski definition) is 3. The van der Waals surface area contributed by atoms with Crippen LogP contribution < -0.4 is 5.32 Å². The van der Waals surface area contributed by atoms with Gasteiger partial charge in [0, 0.05) is 6.42 Å². The van der Waals surface area contributed by atoms with E-state index in [1.807, 2.05) is 36.5 Å². The summed E-state index contributed by atoms with van der Waals surface area (Å²) in [5.41, 5.74) is 0. The van der Waals surface area contributed by atoms with E-state index in [2.05, 4.69) is 62.5 Å². The molecule has 1 amide bonds. The number of carbonyl (C=O) groups is 2. The maximum absolute atomic E-state index is 13.2. The van der Waals surface area contributed by atoms with E-state index in [0.29, 0.717) is 19.3 Å². The molecule has 0 saturated heterocycles. The highest BCUT2D eigenvalue weighted by atomic mass is 16.5. The van der Waals surface area contributed by atoms with Crippen LogP contribution in [0.1, 0.15) is 258 Å². The topological polar surface area (TPSA) is 95.9 Å². The maximum Gasteiger partial charge on any atom is 0.306 e. The van der Waals surface area contributed by atoms with Gasteiger partial charge in [-0.3, -0.25) is 9.59 Å². The third-order valence-corrected chi connectivity index (χ3v) is 12.1. The number of nitrogens with one attached hydrogen (secondary N) is 1. The number of carbonyl (C=O) groups excluding carboxylic acids is 2. The Morgan fingerprint density at radius 2 is 0.922 bits per heavy atom. The Morgan fingerprint density at radius 1 is 0.484 bits per heavy atom. The normalized spacial score (nSPS) is 13.8. The Labute approximate surface area is 396 Å². The van der Waals surface area contributed by atoms with Gasteiger partial charge in [-0.2, -0.15) is 0 Å². The van der Waals surface area contributed by atoms with Crippen LogP contribution in [-0.4, -0.2) is 46.9 Å². The first-order valence-electron chi connectivity index (χ1n) is 27.2. The lowest BCUT2D eigenvalue weighted by Gasteiger charge is -2.24. The molecule has 64 heavy (non-hydrogen) atoms. The molecule has 370 valence electrons. The third-order valence-electron chi connectivity index (χ3n) is 12.1. The number of hydrogen-bond acceptors (Lipinski definition) is 5. The van der Waals surface area contributed by atoms with E-state index in [1.165, 1.54) is 148 Å². The van der Waals surface area contributed by atoms with Gasteiger partial charge in [0.05, 0.1) is 25.2 Å². The van der Waals surface area contributed by atoms with Gasteiger partial charge in [0.2, 0.25) is 5.91 Å². The lowest BCUT2D eigenvalue weighted by molar-refractivity contribution is -0.151. The summed E-state index contributed by atoms with van der Waals surface area (Å²) in [5.74, 6) is -0.545. The van der Waals surface area contributed by atoms with Crippen LogP contribution in [0.15, 0.2) is 72.9 Å². The second kappa shape index (κ2) is 51.3.